The van der Waals surface area contributed by atoms with Crippen LogP contribution in [0.3, 0.4) is 0 Å². The third kappa shape index (κ3) is 2.98. The first kappa shape index (κ1) is 14.7. The SMILES string of the molecule is O=C(N[C@H]1CN2CCC1CC2)c1ncc(-c2cccc(F)n2)s1. The molecule has 23 heavy (non-hydrogen) atoms. The molecule has 0 saturated carbocycles. The Labute approximate surface area is 137 Å². The zero-order valence-electron chi connectivity index (χ0n) is 12.5. The Kier molecular flexibility index (Phi) is 3.82. The number of fused-ring (bicyclic) bond motifs is 3. The molecule has 3 saturated heterocycles. The highest BCUT2D eigenvalue weighted by atomic mass is 32.1. The zero-order valence-corrected chi connectivity index (χ0v) is 13.4. The molecular weight excluding hydrogens is 315 g/mol. The highest BCUT2D eigenvalue weighted by Crippen LogP contribution is 2.28. The van der Waals surface area contributed by atoms with Crippen LogP contribution in [-0.2, 0) is 0 Å². The number of carbonyl (C=O) groups excluding carboxylic acids is 1. The third-order valence-corrected chi connectivity index (χ3v) is 5.66. The lowest BCUT2D eigenvalue weighted by Gasteiger charge is -2.44. The molecule has 7 heteroatoms. The predicted molar refractivity (Wildman–Crippen MR) is 85.7 cm³/mol. The van der Waals surface area contributed by atoms with E-state index in [0.717, 1.165) is 32.5 Å². The molecule has 2 aromatic heterocycles. The number of aromatic nitrogens is 2. The number of nitrogens with zero attached hydrogens (tertiary/aromatic N) is 3. The molecule has 5 nitrogen and oxygen atoms in total. The Morgan fingerprint density at radius 1 is 1.35 bits per heavy atom. The van der Waals surface area contributed by atoms with Gasteiger partial charge in [0.2, 0.25) is 5.95 Å². The molecule has 0 unspecified atom stereocenters. The number of carbonyl (C=O) groups is 1. The van der Waals surface area contributed by atoms with Crippen LogP contribution in [-0.4, -0.2) is 46.5 Å². The van der Waals surface area contributed by atoms with Crippen molar-refractivity contribution in [3.63, 3.8) is 0 Å². The largest absolute Gasteiger partial charge is 0.346 e. The van der Waals surface area contributed by atoms with Crippen molar-refractivity contribution in [3.8, 4) is 10.6 Å². The average Bonchev–Trinajstić information content (AvgIpc) is 3.06. The average molecular weight is 332 g/mol. The summed E-state index contributed by atoms with van der Waals surface area (Å²) in [6.45, 7) is 3.22. The Hall–Kier alpha value is -1.86. The maximum atomic E-state index is 13.2. The van der Waals surface area contributed by atoms with Gasteiger partial charge in [-0.1, -0.05) is 6.07 Å². The molecule has 0 radical (unpaired) electrons. The smallest absolute Gasteiger partial charge is 0.280 e. The Balaban J connectivity index is 1.47. The molecule has 5 rings (SSSR count). The van der Waals surface area contributed by atoms with Gasteiger partial charge in [0.1, 0.15) is 0 Å². The summed E-state index contributed by atoms with van der Waals surface area (Å²) < 4.78 is 13.2. The summed E-state index contributed by atoms with van der Waals surface area (Å²) in [6.07, 6.45) is 3.89. The van der Waals surface area contributed by atoms with E-state index in [1.165, 1.54) is 17.4 Å². The van der Waals surface area contributed by atoms with Gasteiger partial charge in [0, 0.05) is 18.8 Å². The van der Waals surface area contributed by atoms with Gasteiger partial charge >= 0.3 is 0 Å². The lowest BCUT2D eigenvalue weighted by Crippen LogP contribution is -2.57. The molecule has 3 aliphatic rings. The molecule has 3 aliphatic heterocycles. The molecule has 1 amide bonds. The molecule has 1 atom stereocenters. The maximum Gasteiger partial charge on any atom is 0.280 e. The van der Waals surface area contributed by atoms with Crippen LogP contribution in [0.15, 0.2) is 24.4 Å². The minimum Gasteiger partial charge on any atom is -0.346 e. The highest BCUT2D eigenvalue weighted by molar-refractivity contribution is 7.16. The highest BCUT2D eigenvalue weighted by Gasteiger charge is 2.35. The van der Waals surface area contributed by atoms with Gasteiger partial charge in [-0.05, 0) is 44.0 Å². The van der Waals surface area contributed by atoms with Crippen LogP contribution in [0, 0.1) is 11.9 Å². The Morgan fingerprint density at radius 2 is 2.17 bits per heavy atom. The molecular formula is C16H17FN4OS. The van der Waals surface area contributed by atoms with Gasteiger partial charge in [0.05, 0.1) is 10.6 Å². The lowest BCUT2D eigenvalue weighted by atomic mass is 9.84. The summed E-state index contributed by atoms with van der Waals surface area (Å²) in [5.41, 5.74) is 0.504. The maximum absolute atomic E-state index is 13.2. The first-order chi connectivity index (χ1) is 11.2. The summed E-state index contributed by atoms with van der Waals surface area (Å²) in [5.74, 6) is -0.0983. The molecule has 3 fully saturated rings. The third-order valence-electron chi connectivity index (χ3n) is 4.64. The van der Waals surface area contributed by atoms with Crippen LogP contribution in [0.25, 0.3) is 10.6 Å². The second kappa shape index (κ2) is 5.98. The van der Waals surface area contributed by atoms with Crippen molar-refractivity contribution in [3.05, 3.63) is 35.4 Å². The van der Waals surface area contributed by atoms with Crippen LogP contribution in [0.2, 0.25) is 0 Å². The van der Waals surface area contributed by atoms with Gasteiger partial charge < -0.3 is 10.2 Å². The van der Waals surface area contributed by atoms with E-state index in [9.17, 15) is 9.18 Å². The lowest BCUT2D eigenvalue weighted by molar-refractivity contribution is 0.0620. The topological polar surface area (TPSA) is 58.1 Å². The van der Waals surface area contributed by atoms with E-state index in [1.807, 2.05) is 0 Å². The van der Waals surface area contributed by atoms with Gasteiger partial charge in [0.15, 0.2) is 5.01 Å². The monoisotopic (exact) mass is 332 g/mol. The van der Waals surface area contributed by atoms with E-state index in [1.54, 1.807) is 18.3 Å². The molecule has 0 aromatic carbocycles. The Morgan fingerprint density at radius 3 is 2.87 bits per heavy atom. The van der Waals surface area contributed by atoms with E-state index < -0.39 is 5.95 Å². The van der Waals surface area contributed by atoms with Gasteiger partial charge in [-0.25, -0.2) is 9.97 Å². The number of hydrogen-bond donors (Lipinski definition) is 1. The summed E-state index contributed by atoms with van der Waals surface area (Å²) in [5, 5.41) is 3.52. The van der Waals surface area contributed by atoms with Crippen molar-refractivity contribution in [2.45, 2.75) is 18.9 Å². The van der Waals surface area contributed by atoms with E-state index in [2.05, 4.69) is 20.2 Å². The quantitative estimate of drug-likeness (QED) is 0.875. The fourth-order valence-electron chi connectivity index (χ4n) is 3.40. The van der Waals surface area contributed by atoms with Gasteiger partial charge in [-0.3, -0.25) is 4.79 Å². The molecule has 5 heterocycles. The number of amides is 1. The number of thiazole rings is 1. The molecule has 0 aliphatic carbocycles. The molecule has 0 spiro atoms. The number of piperidine rings is 3. The number of hydrogen-bond acceptors (Lipinski definition) is 5. The van der Waals surface area contributed by atoms with Crippen LogP contribution in [0.5, 0.6) is 0 Å². The van der Waals surface area contributed by atoms with Crippen molar-refractivity contribution in [2.75, 3.05) is 19.6 Å². The number of pyridine rings is 1. The fourth-order valence-corrected chi connectivity index (χ4v) is 4.19. The second-order valence-corrected chi connectivity index (χ2v) is 7.12. The Bertz CT molecular complexity index is 726. The summed E-state index contributed by atoms with van der Waals surface area (Å²) in [4.78, 5) is 23.5. The summed E-state index contributed by atoms with van der Waals surface area (Å²) in [6, 6.07) is 4.83. The van der Waals surface area contributed by atoms with E-state index >= 15 is 0 Å². The van der Waals surface area contributed by atoms with E-state index in [-0.39, 0.29) is 11.9 Å². The molecule has 2 bridgehead atoms. The summed E-state index contributed by atoms with van der Waals surface area (Å²) in [7, 11) is 0. The standard InChI is InChI=1S/C16H17FN4OS/c17-14-3-1-2-11(19-14)13-8-18-16(23-13)15(22)20-12-9-21-6-4-10(12)5-7-21/h1-3,8,10,12H,4-7,9H2,(H,20,22)/t12-/m0/s1. The van der Waals surface area contributed by atoms with Crippen LogP contribution >= 0.6 is 11.3 Å². The predicted octanol–water partition coefficient (Wildman–Crippen LogP) is 2.17. The number of halogens is 1. The number of rotatable bonds is 3. The van der Waals surface area contributed by atoms with Crippen LogP contribution in [0.4, 0.5) is 4.39 Å². The molecule has 1 N–H and O–H groups in total. The normalized spacial score (nSPS) is 26.2. The van der Waals surface area contributed by atoms with Crippen molar-refractivity contribution < 1.29 is 9.18 Å². The first-order valence-electron chi connectivity index (χ1n) is 7.81. The van der Waals surface area contributed by atoms with E-state index in [0.29, 0.717) is 21.5 Å². The van der Waals surface area contributed by atoms with Gasteiger partial charge in [0.25, 0.3) is 5.91 Å². The zero-order chi connectivity index (χ0) is 15.8. The van der Waals surface area contributed by atoms with E-state index in [4.69, 9.17) is 0 Å². The van der Waals surface area contributed by atoms with Crippen molar-refractivity contribution in [1.82, 2.24) is 20.2 Å². The van der Waals surface area contributed by atoms with Crippen molar-refractivity contribution >= 4 is 17.2 Å². The summed E-state index contributed by atoms with van der Waals surface area (Å²) >= 11 is 1.25. The van der Waals surface area contributed by atoms with Gasteiger partial charge in [-0.15, -0.1) is 11.3 Å². The van der Waals surface area contributed by atoms with Crippen molar-refractivity contribution in [2.24, 2.45) is 5.92 Å². The molecule has 120 valence electrons. The van der Waals surface area contributed by atoms with Crippen LogP contribution < -0.4 is 5.32 Å². The first-order valence-corrected chi connectivity index (χ1v) is 8.62. The van der Waals surface area contributed by atoms with Crippen LogP contribution in [0.1, 0.15) is 22.6 Å². The van der Waals surface area contributed by atoms with Gasteiger partial charge in [-0.2, -0.15) is 4.39 Å². The number of nitrogens with one attached hydrogen (secondary N) is 1. The fraction of sp³-hybridized carbons (Fsp3) is 0.438. The second-order valence-electron chi connectivity index (χ2n) is 6.09. The van der Waals surface area contributed by atoms with Crippen molar-refractivity contribution in [1.29, 1.82) is 0 Å². The minimum atomic E-state index is -0.533. The minimum absolute atomic E-state index is 0.142. The molecule has 2 aromatic rings.